The first-order chi connectivity index (χ1) is 12.5. The maximum atomic E-state index is 12.0. The van der Waals surface area contributed by atoms with E-state index in [1.165, 1.54) is 11.8 Å². The van der Waals surface area contributed by atoms with Crippen LogP contribution in [-0.4, -0.2) is 47.0 Å². The van der Waals surface area contributed by atoms with Gasteiger partial charge in [0, 0.05) is 18.9 Å². The van der Waals surface area contributed by atoms with Gasteiger partial charge in [-0.05, 0) is 18.6 Å². The number of ether oxygens (including phenoxy) is 2. The van der Waals surface area contributed by atoms with Gasteiger partial charge in [0.1, 0.15) is 12.4 Å². The van der Waals surface area contributed by atoms with Gasteiger partial charge >= 0.3 is 6.18 Å². The molecule has 0 spiro atoms. The molecule has 2 rings (SSSR count). The molecule has 1 aromatic heterocycles. The van der Waals surface area contributed by atoms with Crippen molar-refractivity contribution in [3.63, 3.8) is 0 Å². The van der Waals surface area contributed by atoms with E-state index >= 15 is 0 Å². The van der Waals surface area contributed by atoms with Gasteiger partial charge in [0.05, 0.1) is 12.7 Å². The number of allylic oxidation sites excluding steroid dienone is 1. The van der Waals surface area contributed by atoms with E-state index < -0.39 is 12.8 Å². The zero-order chi connectivity index (χ0) is 19.0. The predicted octanol–water partition coefficient (Wildman–Crippen LogP) is 4.20. The second-order valence-corrected chi connectivity index (χ2v) is 6.34. The van der Waals surface area contributed by atoms with Crippen LogP contribution in [0, 0.1) is 0 Å². The number of thioether (sulfide) groups is 1. The normalized spacial score (nSPS) is 11.5. The minimum Gasteiger partial charge on any atom is -0.496 e. The van der Waals surface area contributed by atoms with Gasteiger partial charge in [0.15, 0.2) is 11.0 Å². The first kappa shape index (κ1) is 20.3. The van der Waals surface area contributed by atoms with Crippen molar-refractivity contribution in [1.29, 1.82) is 0 Å². The molecule has 0 atom stereocenters. The molecule has 9 heteroatoms. The van der Waals surface area contributed by atoms with Crippen LogP contribution in [0.5, 0.6) is 5.75 Å². The molecule has 0 unspecified atom stereocenters. The Kier molecular flexibility index (Phi) is 7.52. The van der Waals surface area contributed by atoms with E-state index in [1.54, 1.807) is 13.2 Å². The Morgan fingerprint density at radius 1 is 1.27 bits per heavy atom. The van der Waals surface area contributed by atoms with Crippen molar-refractivity contribution in [2.45, 2.75) is 24.3 Å². The second kappa shape index (κ2) is 9.63. The van der Waals surface area contributed by atoms with Gasteiger partial charge in [-0.3, -0.25) is 4.57 Å². The summed E-state index contributed by atoms with van der Waals surface area (Å²) in [6, 6.07) is 7.48. The van der Waals surface area contributed by atoms with Gasteiger partial charge in [0.2, 0.25) is 0 Å². The maximum Gasteiger partial charge on any atom is 0.411 e. The highest BCUT2D eigenvalue weighted by atomic mass is 32.2. The Balaban J connectivity index is 2.01. The van der Waals surface area contributed by atoms with Gasteiger partial charge in [-0.2, -0.15) is 13.2 Å². The van der Waals surface area contributed by atoms with E-state index in [-0.39, 0.29) is 6.61 Å². The van der Waals surface area contributed by atoms with Crippen molar-refractivity contribution >= 4 is 11.8 Å². The lowest BCUT2D eigenvalue weighted by Gasteiger charge is -2.10. The SMILES string of the molecule is C=CCn1c(SCCCOCC(F)(F)F)nnc1-c1ccccc1OC. The number of hydrogen-bond acceptors (Lipinski definition) is 5. The van der Waals surface area contributed by atoms with Crippen molar-refractivity contribution < 1.29 is 22.6 Å². The number of para-hydroxylation sites is 1. The highest BCUT2D eigenvalue weighted by molar-refractivity contribution is 7.99. The number of rotatable bonds is 10. The van der Waals surface area contributed by atoms with E-state index in [0.29, 0.717) is 35.4 Å². The average molecular weight is 387 g/mol. The Morgan fingerprint density at radius 3 is 2.73 bits per heavy atom. The molecule has 0 N–H and O–H groups in total. The van der Waals surface area contributed by atoms with E-state index in [2.05, 4.69) is 21.5 Å². The number of hydrogen-bond donors (Lipinski definition) is 0. The molecule has 0 saturated heterocycles. The molecule has 2 aromatic rings. The molecule has 0 amide bonds. The first-order valence-corrected chi connectivity index (χ1v) is 8.89. The number of benzene rings is 1. The summed E-state index contributed by atoms with van der Waals surface area (Å²) in [6.07, 6.45) is -2.08. The van der Waals surface area contributed by atoms with Gasteiger partial charge < -0.3 is 9.47 Å². The summed E-state index contributed by atoms with van der Waals surface area (Å²) in [6.45, 7) is 3.08. The van der Waals surface area contributed by atoms with E-state index in [0.717, 1.165) is 5.56 Å². The van der Waals surface area contributed by atoms with Crippen LogP contribution in [0.15, 0.2) is 42.1 Å². The van der Waals surface area contributed by atoms with Crippen LogP contribution in [0.2, 0.25) is 0 Å². The molecular weight excluding hydrogens is 367 g/mol. The number of nitrogens with zero attached hydrogens (tertiary/aromatic N) is 3. The van der Waals surface area contributed by atoms with Gasteiger partial charge in [0.25, 0.3) is 0 Å². The van der Waals surface area contributed by atoms with Crippen LogP contribution in [0.25, 0.3) is 11.4 Å². The lowest BCUT2D eigenvalue weighted by atomic mass is 10.2. The molecule has 0 bridgehead atoms. The summed E-state index contributed by atoms with van der Waals surface area (Å²) in [5, 5.41) is 9.11. The van der Waals surface area contributed by atoms with Gasteiger partial charge in [-0.15, -0.1) is 16.8 Å². The summed E-state index contributed by atoms with van der Waals surface area (Å²) in [7, 11) is 1.59. The molecule has 0 aliphatic carbocycles. The van der Waals surface area contributed by atoms with Crippen molar-refractivity contribution in [1.82, 2.24) is 14.8 Å². The highest BCUT2D eigenvalue weighted by Gasteiger charge is 2.27. The quantitative estimate of drug-likeness (QED) is 0.347. The monoisotopic (exact) mass is 387 g/mol. The molecule has 142 valence electrons. The molecule has 5 nitrogen and oxygen atoms in total. The van der Waals surface area contributed by atoms with Gasteiger partial charge in [-0.1, -0.05) is 30.0 Å². The Bertz CT molecular complexity index is 720. The lowest BCUT2D eigenvalue weighted by molar-refractivity contribution is -0.173. The van der Waals surface area contributed by atoms with Crippen LogP contribution >= 0.6 is 11.8 Å². The minimum atomic E-state index is -4.29. The molecule has 1 aromatic carbocycles. The van der Waals surface area contributed by atoms with Crippen LogP contribution in [0.4, 0.5) is 13.2 Å². The fourth-order valence-electron chi connectivity index (χ4n) is 2.23. The lowest BCUT2D eigenvalue weighted by Crippen LogP contribution is -2.17. The molecule has 0 radical (unpaired) electrons. The van der Waals surface area contributed by atoms with Crippen molar-refractivity contribution in [3.8, 4) is 17.1 Å². The molecule has 0 saturated carbocycles. The topological polar surface area (TPSA) is 49.2 Å². The maximum absolute atomic E-state index is 12.0. The van der Waals surface area contributed by atoms with E-state index in [9.17, 15) is 13.2 Å². The second-order valence-electron chi connectivity index (χ2n) is 5.28. The predicted molar refractivity (Wildman–Crippen MR) is 94.4 cm³/mol. The molecule has 26 heavy (non-hydrogen) atoms. The Morgan fingerprint density at radius 2 is 2.04 bits per heavy atom. The third kappa shape index (κ3) is 5.77. The van der Waals surface area contributed by atoms with Crippen LogP contribution in [0.1, 0.15) is 6.42 Å². The molecule has 0 aliphatic rings. The summed E-state index contributed by atoms with van der Waals surface area (Å²) in [5.41, 5.74) is 0.810. The first-order valence-electron chi connectivity index (χ1n) is 7.91. The molecule has 0 aliphatic heterocycles. The summed E-state index contributed by atoms with van der Waals surface area (Å²) in [4.78, 5) is 0. The number of aromatic nitrogens is 3. The Labute approximate surface area is 154 Å². The number of halogens is 3. The fourth-order valence-corrected chi connectivity index (χ4v) is 3.09. The van der Waals surface area contributed by atoms with Crippen molar-refractivity contribution in [3.05, 3.63) is 36.9 Å². The van der Waals surface area contributed by atoms with E-state index in [4.69, 9.17) is 4.74 Å². The Hall–Kier alpha value is -2.00. The summed E-state index contributed by atoms with van der Waals surface area (Å²) < 4.78 is 47.9. The summed E-state index contributed by atoms with van der Waals surface area (Å²) in [5.74, 6) is 1.90. The van der Waals surface area contributed by atoms with Crippen LogP contribution in [0.3, 0.4) is 0 Å². The highest BCUT2D eigenvalue weighted by Crippen LogP contribution is 2.31. The van der Waals surface area contributed by atoms with Crippen LogP contribution < -0.4 is 4.74 Å². The third-order valence-electron chi connectivity index (χ3n) is 3.31. The van der Waals surface area contributed by atoms with Crippen molar-refractivity contribution in [2.75, 3.05) is 26.1 Å². The zero-order valence-corrected chi connectivity index (χ0v) is 15.1. The molecule has 1 heterocycles. The standard InChI is InChI=1S/C17H20F3N3O2S/c1-3-9-23-15(13-7-4-5-8-14(13)24-2)21-22-16(23)26-11-6-10-25-12-17(18,19)20/h3-5,7-8H,1,6,9-12H2,2H3. The largest absolute Gasteiger partial charge is 0.496 e. The minimum absolute atomic E-state index is 0.0431. The van der Waals surface area contributed by atoms with Crippen molar-refractivity contribution in [2.24, 2.45) is 0 Å². The third-order valence-corrected chi connectivity index (χ3v) is 4.36. The smallest absolute Gasteiger partial charge is 0.411 e. The number of alkyl halides is 3. The number of methoxy groups -OCH3 is 1. The zero-order valence-electron chi connectivity index (χ0n) is 14.3. The van der Waals surface area contributed by atoms with E-state index in [1.807, 2.05) is 28.8 Å². The molecular formula is C17H20F3N3O2S. The van der Waals surface area contributed by atoms with Gasteiger partial charge in [-0.25, -0.2) is 0 Å². The van der Waals surface area contributed by atoms with Crippen LogP contribution in [-0.2, 0) is 11.3 Å². The molecule has 0 fully saturated rings. The fraction of sp³-hybridized carbons (Fsp3) is 0.412. The summed E-state index contributed by atoms with van der Waals surface area (Å²) >= 11 is 1.41. The average Bonchev–Trinajstić information content (AvgIpc) is 3.00.